The van der Waals surface area contributed by atoms with Crippen LogP contribution in [0.5, 0.6) is 0 Å². The van der Waals surface area contributed by atoms with E-state index in [9.17, 15) is 4.79 Å². The molecule has 6 nitrogen and oxygen atoms in total. The van der Waals surface area contributed by atoms with E-state index in [1.165, 1.54) is 11.1 Å². The first-order chi connectivity index (χ1) is 15.0. The molecule has 31 heavy (non-hydrogen) atoms. The normalized spacial score (nSPS) is 12.6. The molecule has 2 aromatic heterocycles. The van der Waals surface area contributed by atoms with Crippen LogP contribution in [0.4, 0.5) is 0 Å². The number of aryl methyl sites for hydroxylation is 2. The summed E-state index contributed by atoms with van der Waals surface area (Å²) in [4.78, 5) is 14.9. The third-order valence-electron chi connectivity index (χ3n) is 5.86. The first-order valence-electron chi connectivity index (χ1n) is 10.2. The topological polar surface area (TPSA) is 66.8 Å². The smallest absolute Gasteiger partial charge is 0.254 e. The van der Waals surface area contributed by atoms with E-state index in [2.05, 4.69) is 42.7 Å². The third-order valence-corrected chi connectivity index (χ3v) is 5.86. The molecule has 3 heterocycles. The van der Waals surface area contributed by atoms with Crippen LogP contribution in [-0.2, 0) is 13.1 Å². The van der Waals surface area contributed by atoms with Gasteiger partial charge in [-0.2, -0.15) is 10.4 Å². The van der Waals surface area contributed by atoms with Crippen LogP contribution in [0.1, 0.15) is 38.3 Å². The molecule has 5 rings (SSSR count). The second-order valence-electron chi connectivity index (χ2n) is 7.87. The molecule has 0 saturated heterocycles. The number of carbonyl (C=O) groups excluding carboxylic acids is 1. The zero-order valence-corrected chi connectivity index (χ0v) is 17.4. The fourth-order valence-corrected chi connectivity index (χ4v) is 3.99. The molecule has 0 atom stereocenters. The number of hydrogen-bond donors (Lipinski definition) is 0. The summed E-state index contributed by atoms with van der Waals surface area (Å²) in [5.74, 6) is 0.900. The Hall–Kier alpha value is -4.11. The lowest BCUT2D eigenvalue weighted by Gasteiger charge is -2.18. The average molecular weight is 407 g/mol. The summed E-state index contributed by atoms with van der Waals surface area (Å²) in [6.45, 7) is 5.15. The number of aromatic nitrogens is 3. The largest absolute Gasteiger partial charge is 0.328 e. The minimum Gasteiger partial charge on any atom is -0.328 e. The molecule has 1 amide bonds. The van der Waals surface area contributed by atoms with Crippen molar-refractivity contribution >= 4 is 5.91 Å². The first kappa shape index (κ1) is 18.9. The predicted molar refractivity (Wildman–Crippen MR) is 117 cm³/mol. The highest BCUT2D eigenvalue weighted by molar-refractivity contribution is 5.94. The molecular formula is C25H21N5O. The van der Waals surface area contributed by atoms with E-state index in [1.807, 2.05) is 29.2 Å². The molecule has 0 unspecified atom stereocenters. The van der Waals surface area contributed by atoms with E-state index < -0.39 is 0 Å². The Bertz CT molecular complexity index is 1320. The van der Waals surface area contributed by atoms with E-state index in [1.54, 1.807) is 29.2 Å². The van der Waals surface area contributed by atoms with E-state index in [0.29, 0.717) is 24.2 Å². The average Bonchev–Trinajstić information content (AvgIpc) is 3.51. The molecule has 4 aromatic rings. The van der Waals surface area contributed by atoms with Crippen molar-refractivity contribution in [3.63, 3.8) is 0 Å². The molecule has 0 spiro atoms. The summed E-state index contributed by atoms with van der Waals surface area (Å²) in [5.41, 5.74) is 6.54. The van der Waals surface area contributed by atoms with Crippen molar-refractivity contribution < 1.29 is 4.79 Å². The van der Waals surface area contributed by atoms with E-state index in [4.69, 9.17) is 10.4 Å². The minimum atomic E-state index is -0.0568. The molecule has 0 fully saturated rings. The number of benzene rings is 2. The number of fused-ring (bicyclic) bond motifs is 1. The van der Waals surface area contributed by atoms with Crippen molar-refractivity contribution in [2.24, 2.45) is 0 Å². The van der Waals surface area contributed by atoms with Gasteiger partial charge in [0.1, 0.15) is 5.82 Å². The van der Waals surface area contributed by atoms with Crippen LogP contribution in [0, 0.1) is 25.2 Å². The van der Waals surface area contributed by atoms with Gasteiger partial charge in [-0.1, -0.05) is 6.07 Å². The van der Waals surface area contributed by atoms with Crippen molar-refractivity contribution in [1.29, 1.82) is 5.26 Å². The van der Waals surface area contributed by atoms with Gasteiger partial charge in [0.05, 0.1) is 36.1 Å². The highest BCUT2D eigenvalue weighted by atomic mass is 16.2. The number of carbonyl (C=O) groups is 1. The number of nitriles is 1. The van der Waals surface area contributed by atoms with Crippen molar-refractivity contribution in [2.75, 3.05) is 0 Å². The molecule has 0 aliphatic carbocycles. The Kier molecular flexibility index (Phi) is 4.45. The summed E-state index contributed by atoms with van der Waals surface area (Å²) < 4.78 is 4.03. The van der Waals surface area contributed by atoms with Crippen molar-refractivity contribution in [1.82, 2.24) is 19.2 Å². The Balaban J connectivity index is 1.52. The van der Waals surface area contributed by atoms with Crippen molar-refractivity contribution in [3.8, 4) is 17.6 Å². The second kappa shape index (κ2) is 7.29. The maximum Gasteiger partial charge on any atom is 0.254 e. The lowest BCUT2D eigenvalue weighted by molar-refractivity contribution is 0.0749. The summed E-state index contributed by atoms with van der Waals surface area (Å²) in [6.07, 6.45) is 4.00. The monoisotopic (exact) mass is 407 g/mol. The van der Waals surface area contributed by atoms with Crippen LogP contribution in [0.15, 0.2) is 67.0 Å². The quantitative estimate of drug-likeness (QED) is 0.508. The number of rotatable bonds is 3. The van der Waals surface area contributed by atoms with Gasteiger partial charge in [0, 0.05) is 23.5 Å². The standard InChI is InChI=1S/C25H21N5O/c1-17-5-10-21(13-18(17)2)30-24(28-11-3-4-12-28)22-15-29(16-23(22)27-30)25(31)20-8-6-19(14-26)7-9-20/h3-13H,15-16H2,1-2H3. The molecule has 2 aromatic carbocycles. The highest BCUT2D eigenvalue weighted by Gasteiger charge is 2.31. The highest BCUT2D eigenvalue weighted by Crippen LogP contribution is 2.31. The maximum absolute atomic E-state index is 13.0. The fourth-order valence-electron chi connectivity index (χ4n) is 3.99. The summed E-state index contributed by atoms with van der Waals surface area (Å²) in [7, 11) is 0. The van der Waals surface area contributed by atoms with Crippen LogP contribution in [0.25, 0.3) is 11.5 Å². The summed E-state index contributed by atoms with van der Waals surface area (Å²) >= 11 is 0. The molecule has 1 aliphatic heterocycles. The van der Waals surface area contributed by atoms with E-state index in [0.717, 1.165) is 22.8 Å². The summed E-state index contributed by atoms with van der Waals surface area (Å²) in [6, 6.07) is 19.2. The van der Waals surface area contributed by atoms with Crippen molar-refractivity contribution in [2.45, 2.75) is 26.9 Å². The molecule has 6 heteroatoms. The first-order valence-corrected chi connectivity index (χ1v) is 10.2. The van der Waals surface area contributed by atoms with Gasteiger partial charge in [-0.05, 0) is 73.5 Å². The lowest BCUT2D eigenvalue weighted by atomic mass is 10.1. The lowest BCUT2D eigenvalue weighted by Crippen LogP contribution is -2.26. The van der Waals surface area contributed by atoms with Crippen LogP contribution >= 0.6 is 0 Å². The van der Waals surface area contributed by atoms with E-state index in [-0.39, 0.29) is 5.91 Å². The van der Waals surface area contributed by atoms with Gasteiger partial charge >= 0.3 is 0 Å². The molecule has 1 aliphatic rings. The van der Waals surface area contributed by atoms with Gasteiger partial charge in [-0.15, -0.1) is 0 Å². The second-order valence-corrected chi connectivity index (χ2v) is 7.87. The zero-order valence-electron chi connectivity index (χ0n) is 17.4. The molecular weight excluding hydrogens is 386 g/mol. The SMILES string of the molecule is Cc1ccc(-n2nc3c(c2-n2cccc2)CN(C(=O)c2ccc(C#N)cc2)C3)cc1C. The Morgan fingerprint density at radius 3 is 2.42 bits per heavy atom. The Morgan fingerprint density at radius 2 is 1.74 bits per heavy atom. The number of hydrogen-bond acceptors (Lipinski definition) is 3. The maximum atomic E-state index is 13.0. The predicted octanol–water partition coefficient (Wildman–Crippen LogP) is 4.31. The van der Waals surface area contributed by atoms with Crippen LogP contribution in [0.3, 0.4) is 0 Å². The molecule has 0 saturated carbocycles. The Morgan fingerprint density at radius 1 is 1.00 bits per heavy atom. The van der Waals surface area contributed by atoms with Gasteiger partial charge in [0.15, 0.2) is 0 Å². The van der Waals surface area contributed by atoms with Crippen LogP contribution in [0.2, 0.25) is 0 Å². The molecule has 0 radical (unpaired) electrons. The molecule has 0 bridgehead atoms. The molecule has 152 valence electrons. The van der Waals surface area contributed by atoms with Crippen molar-refractivity contribution in [3.05, 3.63) is 101 Å². The van der Waals surface area contributed by atoms with Crippen LogP contribution < -0.4 is 0 Å². The van der Waals surface area contributed by atoms with Gasteiger partial charge in [0.2, 0.25) is 0 Å². The van der Waals surface area contributed by atoms with Gasteiger partial charge in [0.25, 0.3) is 5.91 Å². The van der Waals surface area contributed by atoms with Crippen LogP contribution in [-0.4, -0.2) is 25.2 Å². The minimum absolute atomic E-state index is 0.0568. The van der Waals surface area contributed by atoms with Gasteiger partial charge < -0.3 is 9.47 Å². The van der Waals surface area contributed by atoms with E-state index >= 15 is 0 Å². The number of amides is 1. The Labute approximate surface area is 180 Å². The van der Waals surface area contributed by atoms with Gasteiger partial charge in [-0.3, -0.25) is 4.79 Å². The zero-order chi connectivity index (χ0) is 21.5. The van der Waals surface area contributed by atoms with Gasteiger partial charge in [-0.25, -0.2) is 4.68 Å². The summed E-state index contributed by atoms with van der Waals surface area (Å²) in [5, 5.41) is 13.9. The third kappa shape index (κ3) is 3.21. The molecule has 0 N–H and O–H groups in total. The fraction of sp³-hybridized carbons (Fsp3) is 0.160. The number of nitrogens with zero attached hydrogens (tertiary/aromatic N) is 5.